The van der Waals surface area contributed by atoms with E-state index in [1.165, 1.54) is 11.4 Å². The van der Waals surface area contributed by atoms with Crippen LogP contribution >= 0.6 is 0 Å². The minimum absolute atomic E-state index is 0.0696. The second kappa shape index (κ2) is 10.2. The molecule has 0 heterocycles. The summed E-state index contributed by atoms with van der Waals surface area (Å²) in [5, 5.41) is 4.06. The molecule has 1 aromatic rings. The van der Waals surface area contributed by atoms with Crippen LogP contribution in [-0.4, -0.2) is 33.6 Å². The van der Waals surface area contributed by atoms with E-state index in [1.807, 2.05) is 31.2 Å². The van der Waals surface area contributed by atoms with Crippen molar-refractivity contribution >= 4 is 25.4 Å². The van der Waals surface area contributed by atoms with Crippen LogP contribution in [0, 0.1) is 0 Å². The van der Waals surface area contributed by atoms with Crippen molar-refractivity contribution in [2.75, 3.05) is 6.61 Å². The van der Waals surface area contributed by atoms with E-state index in [9.17, 15) is 4.79 Å². The van der Waals surface area contributed by atoms with Crippen molar-refractivity contribution in [2.24, 2.45) is 5.11 Å². The summed E-state index contributed by atoms with van der Waals surface area (Å²) in [5.74, 6) is -0.280. The van der Waals surface area contributed by atoms with Crippen molar-refractivity contribution in [1.82, 2.24) is 0 Å². The fraction of sp³-hybridized carbons (Fsp3) is 0.500. The topological polar surface area (TPSA) is 75.1 Å². The normalized spacial score (nSPS) is 13.1. The first-order chi connectivity index (χ1) is 11.3. The first kappa shape index (κ1) is 20.3. The van der Waals surface area contributed by atoms with Gasteiger partial charge in [0, 0.05) is 0 Å². The summed E-state index contributed by atoms with van der Waals surface area (Å²) >= 11 is 0.211. The molecule has 0 N–H and O–H groups in total. The maximum absolute atomic E-state index is 10.8. The Morgan fingerprint density at radius 2 is 2.04 bits per heavy atom. The summed E-state index contributed by atoms with van der Waals surface area (Å²) in [6.07, 6.45) is 3.51. The molecule has 1 rings (SSSR count). The van der Waals surface area contributed by atoms with Gasteiger partial charge in [-0.15, -0.1) is 0 Å². The quantitative estimate of drug-likeness (QED) is 0.157. The zero-order valence-electron chi connectivity index (χ0n) is 14.7. The molecule has 0 aromatic heterocycles. The number of azide groups is 1. The van der Waals surface area contributed by atoms with Crippen LogP contribution in [-0.2, 0) is 9.53 Å². The van der Waals surface area contributed by atoms with E-state index in [0.717, 1.165) is 18.4 Å². The van der Waals surface area contributed by atoms with Gasteiger partial charge in [-0.2, -0.15) is 0 Å². The average molecular weight is 394 g/mol. The second-order valence-corrected chi connectivity index (χ2v) is 9.76. The molecule has 0 saturated heterocycles. The van der Waals surface area contributed by atoms with E-state index < -0.39 is 0 Å². The third-order valence-corrected chi connectivity index (χ3v) is 6.39. The van der Waals surface area contributed by atoms with Gasteiger partial charge in [-0.3, -0.25) is 0 Å². The first-order valence-electron chi connectivity index (χ1n) is 7.92. The van der Waals surface area contributed by atoms with Crippen LogP contribution in [0.4, 0.5) is 0 Å². The summed E-state index contributed by atoms with van der Waals surface area (Å²) < 4.78 is 6.15. The van der Waals surface area contributed by atoms with Crippen LogP contribution in [0.3, 0.4) is 0 Å². The molecule has 1 aromatic carbocycles. The van der Waals surface area contributed by atoms with Crippen LogP contribution in [0.1, 0.15) is 40.5 Å². The molecule has 0 radical (unpaired) electrons. The van der Waals surface area contributed by atoms with E-state index in [1.54, 1.807) is 0 Å². The van der Waals surface area contributed by atoms with Crippen LogP contribution in [0.5, 0.6) is 0 Å². The number of esters is 1. The summed E-state index contributed by atoms with van der Waals surface area (Å²) in [6.45, 7) is 8.03. The molecule has 0 saturated carbocycles. The predicted octanol–water partition coefficient (Wildman–Crippen LogP) is 4.18. The van der Waals surface area contributed by atoms with Crippen LogP contribution in [0.2, 0.25) is 4.31 Å². The number of benzene rings is 1. The monoisotopic (exact) mass is 395 g/mol. The Morgan fingerprint density at radius 3 is 2.62 bits per heavy atom. The minimum atomic E-state index is -0.280. The van der Waals surface area contributed by atoms with Crippen molar-refractivity contribution in [3.63, 3.8) is 0 Å². The molecular weight excluding hydrogens is 369 g/mol. The van der Waals surface area contributed by atoms with Crippen molar-refractivity contribution in [3.8, 4) is 0 Å². The Bertz CT molecular complexity index is 608. The summed E-state index contributed by atoms with van der Waals surface area (Å²) in [4.78, 5) is 13.8. The molecule has 0 bridgehead atoms. The van der Waals surface area contributed by atoms with Crippen LogP contribution in [0.15, 0.2) is 47.1 Å². The molecule has 6 heteroatoms. The Kier molecular flexibility index (Phi) is 8.62. The van der Waals surface area contributed by atoms with Crippen molar-refractivity contribution in [2.45, 2.75) is 50.9 Å². The molecule has 0 aliphatic carbocycles. The fourth-order valence-corrected chi connectivity index (χ4v) is 4.76. The van der Waals surface area contributed by atoms with Gasteiger partial charge in [-0.05, 0) is 0 Å². The number of hydrogen-bond donors (Lipinski definition) is 0. The number of nitrogens with zero attached hydrogens (tertiary/aromatic N) is 3. The van der Waals surface area contributed by atoms with E-state index in [4.69, 9.17) is 10.3 Å². The Hall–Kier alpha value is -1.74. The van der Waals surface area contributed by atoms with Gasteiger partial charge in [-0.25, -0.2) is 0 Å². The van der Waals surface area contributed by atoms with E-state index in [0.29, 0.717) is 6.61 Å². The van der Waals surface area contributed by atoms with E-state index >= 15 is 0 Å². The zero-order valence-corrected chi connectivity index (χ0v) is 16.4. The Balaban J connectivity index is 2.68. The molecule has 0 spiro atoms. The summed E-state index contributed by atoms with van der Waals surface area (Å²) in [6, 6.07) is 10.3. The SMILES string of the molecule is CC(=O)OC/C=C(\C)CCC(N=[N+]=[N-])C(C)(C)[Se]c1ccccc1. The van der Waals surface area contributed by atoms with Crippen molar-refractivity contribution < 1.29 is 9.53 Å². The first-order valence-corrected chi connectivity index (χ1v) is 9.63. The van der Waals surface area contributed by atoms with Gasteiger partial charge in [0.2, 0.25) is 0 Å². The van der Waals surface area contributed by atoms with E-state index in [2.05, 4.69) is 36.0 Å². The maximum atomic E-state index is 10.8. The fourth-order valence-electron chi connectivity index (χ4n) is 2.23. The molecule has 130 valence electrons. The summed E-state index contributed by atoms with van der Waals surface area (Å²) in [7, 11) is 0. The molecular formula is C18H25N3O2Se. The van der Waals surface area contributed by atoms with E-state index in [-0.39, 0.29) is 31.3 Å². The van der Waals surface area contributed by atoms with Crippen molar-refractivity contribution in [1.29, 1.82) is 0 Å². The third-order valence-electron chi connectivity index (χ3n) is 3.65. The third kappa shape index (κ3) is 7.69. The van der Waals surface area contributed by atoms with Gasteiger partial charge >= 0.3 is 150 Å². The molecule has 0 amide bonds. The number of allylic oxidation sites excluding steroid dienone is 1. The Morgan fingerprint density at radius 1 is 1.38 bits per heavy atom. The molecule has 1 atom stereocenters. The molecule has 0 aliphatic heterocycles. The number of carbonyl (C=O) groups excluding carboxylic acids is 1. The average Bonchev–Trinajstić information content (AvgIpc) is 2.51. The van der Waals surface area contributed by atoms with Gasteiger partial charge < -0.3 is 0 Å². The predicted molar refractivity (Wildman–Crippen MR) is 98.4 cm³/mol. The molecule has 24 heavy (non-hydrogen) atoms. The molecule has 0 fully saturated rings. The number of carbonyl (C=O) groups is 1. The van der Waals surface area contributed by atoms with Crippen LogP contribution in [0.25, 0.3) is 10.4 Å². The van der Waals surface area contributed by atoms with Crippen molar-refractivity contribution in [3.05, 3.63) is 52.4 Å². The van der Waals surface area contributed by atoms with Crippen LogP contribution < -0.4 is 4.46 Å². The van der Waals surface area contributed by atoms with Gasteiger partial charge in [0.25, 0.3) is 0 Å². The van der Waals surface area contributed by atoms with Gasteiger partial charge in [-0.1, -0.05) is 0 Å². The van der Waals surface area contributed by atoms with Gasteiger partial charge in [0.1, 0.15) is 0 Å². The summed E-state index contributed by atoms with van der Waals surface area (Å²) in [5.41, 5.74) is 10.1. The second-order valence-electron chi connectivity index (χ2n) is 6.13. The number of rotatable bonds is 9. The number of ether oxygens (including phenoxy) is 1. The molecule has 5 nitrogen and oxygen atoms in total. The molecule has 0 aliphatic rings. The number of hydrogen-bond acceptors (Lipinski definition) is 3. The standard InChI is InChI=1S/C18H25N3O2Se/c1-14(12-13-23-15(2)22)10-11-17(20-21-19)18(3,4)24-16-8-6-5-7-9-16/h5-9,12,17H,10-11,13H2,1-4H3/b14-12+. The zero-order chi connectivity index (χ0) is 18.0. The van der Waals surface area contributed by atoms with Gasteiger partial charge in [0.15, 0.2) is 0 Å². The molecule has 1 unspecified atom stereocenters. The Labute approximate surface area is 150 Å². The van der Waals surface area contributed by atoms with Gasteiger partial charge in [0.05, 0.1) is 0 Å².